The molecule has 0 amide bonds. The molecule has 0 N–H and O–H groups in total. The Morgan fingerprint density at radius 1 is 0.771 bits per heavy atom. The van der Waals surface area contributed by atoms with Crippen LogP contribution in [0.25, 0.3) is 11.1 Å². The van der Waals surface area contributed by atoms with E-state index in [1.807, 2.05) is 0 Å². The lowest BCUT2D eigenvalue weighted by molar-refractivity contribution is -0.249. The Labute approximate surface area is 199 Å². The summed E-state index contributed by atoms with van der Waals surface area (Å²) >= 11 is 6.15. The minimum atomic E-state index is -5.85. The number of hydrogen-bond donors (Lipinski definition) is 0. The fourth-order valence-corrected chi connectivity index (χ4v) is 4.07. The van der Waals surface area contributed by atoms with Gasteiger partial charge in [-0.15, -0.1) is 0 Å². The molecule has 2 nitrogen and oxygen atoms in total. The minimum Gasteiger partial charge on any atom is -0.256 e. The third kappa shape index (κ3) is 4.71. The number of halogens is 9. The third-order valence-electron chi connectivity index (χ3n) is 5.57. The molecule has 0 saturated heterocycles. The molecule has 184 valence electrons. The van der Waals surface area contributed by atoms with E-state index in [0.29, 0.717) is 0 Å². The summed E-state index contributed by atoms with van der Waals surface area (Å²) < 4.78 is 108. The summed E-state index contributed by atoms with van der Waals surface area (Å²) in [5, 5.41) is 4.65. The van der Waals surface area contributed by atoms with E-state index in [9.17, 15) is 35.1 Å². The van der Waals surface area contributed by atoms with Crippen LogP contribution < -0.4 is 5.01 Å². The van der Waals surface area contributed by atoms with E-state index in [4.69, 9.17) is 11.6 Å². The van der Waals surface area contributed by atoms with Gasteiger partial charge in [0.15, 0.2) is 0 Å². The van der Waals surface area contributed by atoms with Crippen molar-refractivity contribution in [3.63, 3.8) is 0 Å². The number of benzene rings is 3. The monoisotopic (exact) mass is 518 g/mol. The molecule has 0 spiro atoms. The van der Waals surface area contributed by atoms with E-state index >= 15 is 0 Å². The van der Waals surface area contributed by atoms with Crippen LogP contribution in [-0.4, -0.2) is 17.8 Å². The van der Waals surface area contributed by atoms with Gasteiger partial charge in [0, 0.05) is 6.42 Å². The van der Waals surface area contributed by atoms with Crippen LogP contribution in [0.5, 0.6) is 0 Å². The first-order chi connectivity index (χ1) is 16.3. The molecule has 0 saturated carbocycles. The number of hydrogen-bond acceptors (Lipinski definition) is 2. The van der Waals surface area contributed by atoms with Gasteiger partial charge < -0.3 is 0 Å². The molecule has 1 atom stereocenters. The van der Waals surface area contributed by atoms with Crippen molar-refractivity contribution in [2.75, 3.05) is 5.01 Å². The van der Waals surface area contributed by atoms with Gasteiger partial charge in [0.1, 0.15) is 5.71 Å². The summed E-state index contributed by atoms with van der Waals surface area (Å²) in [6, 6.07) is 15.2. The highest BCUT2D eigenvalue weighted by atomic mass is 35.5. The maximum Gasteiger partial charge on any atom is 0.459 e. The highest BCUT2D eigenvalue weighted by molar-refractivity contribution is 6.33. The van der Waals surface area contributed by atoms with E-state index in [2.05, 4.69) is 5.10 Å². The molecule has 11 heteroatoms. The normalized spacial score (nSPS) is 17.0. The van der Waals surface area contributed by atoms with E-state index in [0.717, 1.165) is 11.1 Å². The second-order valence-corrected chi connectivity index (χ2v) is 8.21. The molecule has 1 unspecified atom stereocenters. The van der Waals surface area contributed by atoms with Crippen molar-refractivity contribution >= 4 is 23.0 Å². The van der Waals surface area contributed by atoms with Crippen molar-refractivity contribution < 1.29 is 35.1 Å². The predicted molar refractivity (Wildman–Crippen MR) is 117 cm³/mol. The third-order valence-corrected chi connectivity index (χ3v) is 5.89. The summed E-state index contributed by atoms with van der Waals surface area (Å²) in [5.41, 5.74) is -1.76. The fraction of sp³-hybridized carbons (Fsp3) is 0.208. The second kappa shape index (κ2) is 8.82. The number of hydrazone groups is 1. The zero-order valence-corrected chi connectivity index (χ0v) is 18.3. The molecule has 3 aromatic rings. The maximum atomic E-state index is 14.1. The Balaban J connectivity index is 1.74. The van der Waals surface area contributed by atoms with Crippen LogP contribution in [0.3, 0.4) is 0 Å². The van der Waals surface area contributed by atoms with Gasteiger partial charge in [0.2, 0.25) is 0 Å². The molecule has 1 aliphatic heterocycles. The summed E-state index contributed by atoms with van der Waals surface area (Å²) in [6.07, 6.45) is -11.2. The van der Waals surface area contributed by atoms with Crippen molar-refractivity contribution in [2.45, 2.75) is 30.7 Å². The minimum absolute atomic E-state index is 0.0774. The van der Waals surface area contributed by atoms with Gasteiger partial charge in [0.25, 0.3) is 0 Å². The zero-order valence-electron chi connectivity index (χ0n) is 17.5. The number of nitrogens with zero attached hydrogens (tertiary/aromatic N) is 2. The van der Waals surface area contributed by atoms with Gasteiger partial charge in [-0.2, -0.15) is 40.2 Å². The average Bonchev–Trinajstić information content (AvgIpc) is 3.24. The van der Waals surface area contributed by atoms with Crippen LogP contribution >= 0.6 is 11.6 Å². The van der Waals surface area contributed by atoms with E-state index in [1.54, 1.807) is 6.07 Å². The zero-order chi connectivity index (χ0) is 25.6. The Morgan fingerprint density at radius 2 is 1.37 bits per heavy atom. The molecule has 3 aromatic carbocycles. The molecule has 1 heterocycles. The largest absolute Gasteiger partial charge is 0.459 e. The van der Waals surface area contributed by atoms with Crippen molar-refractivity contribution in [2.24, 2.45) is 5.10 Å². The molecule has 0 bridgehead atoms. The van der Waals surface area contributed by atoms with E-state index < -0.39 is 42.0 Å². The summed E-state index contributed by atoms with van der Waals surface area (Å²) in [7, 11) is 0. The maximum absolute atomic E-state index is 14.1. The highest BCUT2D eigenvalue weighted by Crippen LogP contribution is 2.46. The first-order valence-corrected chi connectivity index (χ1v) is 10.5. The van der Waals surface area contributed by atoms with Crippen molar-refractivity contribution in [3.8, 4) is 11.1 Å². The predicted octanol–water partition coefficient (Wildman–Crippen LogP) is 8.53. The molecule has 0 aromatic heterocycles. The van der Waals surface area contributed by atoms with Crippen LogP contribution in [-0.2, 0) is 6.18 Å². The van der Waals surface area contributed by atoms with Gasteiger partial charge in [-0.05, 0) is 34.9 Å². The fourth-order valence-electron chi connectivity index (χ4n) is 3.85. The molecular weight excluding hydrogens is 504 g/mol. The van der Waals surface area contributed by atoms with E-state index in [1.165, 1.54) is 60.7 Å². The standard InChI is InChI=1S/C24H15ClF8N2/c25-18-7-3-4-8-19(18)35-20(13-21(34-35)22(26,27)24(31,32)33)15-11-9-14(10-12-15)16-5-1-2-6-17(16)23(28,29)30/h1-12,20H,13H2. The lowest BCUT2D eigenvalue weighted by Gasteiger charge is -2.25. The molecular formula is C24H15ClF8N2. The van der Waals surface area contributed by atoms with Crippen molar-refractivity contribution in [1.29, 1.82) is 0 Å². The van der Waals surface area contributed by atoms with Crippen molar-refractivity contribution in [3.05, 3.63) is 88.9 Å². The molecule has 0 fully saturated rings. The molecule has 1 aliphatic rings. The number of anilines is 1. The van der Waals surface area contributed by atoms with Crippen LogP contribution in [0, 0.1) is 0 Å². The topological polar surface area (TPSA) is 15.6 Å². The average molecular weight is 519 g/mol. The Kier molecular flexibility index (Phi) is 6.29. The van der Waals surface area contributed by atoms with Crippen LogP contribution in [0.15, 0.2) is 77.9 Å². The van der Waals surface area contributed by atoms with Crippen LogP contribution in [0.1, 0.15) is 23.6 Å². The Morgan fingerprint density at radius 3 is 1.97 bits per heavy atom. The first-order valence-electron chi connectivity index (χ1n) is 10.1. The molecule has 0 radical (unpaired) electrons. The van der Waals surface area contributed by atoms with Gasteiger partial charge >= 0.3 is 18.3 Å². The second-order valence-electron chi connectivity index (χ2n) is 7.80. The Bertz CT molecular complexity index is 1250. The molecule has 0 aliphatic carbocycles. The Hall–Kier alpha value is -3.14. The van der Waals surface area contributed by atoms with Gasteiger partial charge in [-0.25, -0.2) is 0 Å². The van der Waals surface area contributed by atoms with Gasteiger partial charge in [-0.3, -0.25) is 5.01 Å². The van der Waals surface area contributed by atoms with Crippen LogP contribution in [0.2, 0.25) is 5.02 Å². The van der Waals surface area contributed by atoms with Crippen LogP contribution in [0.4, 0.5) is 40.8 Å². The summed E-state index contributed by atoms with van der Waals surface area (Å²) in [6.45, 7) is 0. The highest BCUT2D eigenvalue weighted by Gasteiger charge is 2.62. The number of para-hydroxylation sites is 1. The first kappa shape index (κ1) is 25.0. The molecule has 4 rings (SSSR count). The lowest BCUT2D eigenvalue weighted by Crippen LogP contribution is -2.43. The lowest BCUT2D eigenvalue weighted by atomic mass is 9.94. The summed E-state index contributed by atoms with van der Waals surface area (Å²) in [4.78, 5) is 0. The smallest absolute Gasteiger partial charge is 0.256 e. The summed E-state index contributed by atoms with van der Waals surface area (Å²) in [5.74, 6) is -5.17. The molecule has 35 heavy (non-hydrogen) atoms. The van der Waals surface area contributed by atoms with E-state index in [-0.39, 0.29) is 27.4 Å². The SMILES string of the molecule is FC(F)(F)c1ccccc1-c1ccc(C2CC(C(F)(F)C(F)(F)F)=NN2c2ccccc2Cl)cc1. The number of alkyl halides is 8. The quantitative estimate of drug-likeness (QED) is 0.316. The van der Waals surface area contributed by atoms with Gasteiger partial charge in [0.05, 0.1) is 22.3 Å². The van der Waals surface area contributed by atoms with Gasteiger partial charge in [-0.1, -0.05) is 66.2 Å². The van der Waals surface area contributed by atoms with Crippen molar-refractivity contribution in [1.82, 2.24) is 0 Å². The number of rotatable bonds is 4.